The van der Waals surface area contributed by atoms with E-state index in [-0.39, 0.29) is 17.6 Å². The number of aromatic hydroxyl groups is 1. The molecule has 0 bridgehead atoms. The van der Waals surface area contributed by atoms with Crippen LogP contribution in [-0.2, 0) is 6.54 Å². The number of carbonyl (C=O) groups excluding carboxylic acids is 1. The first-order valence-electron chi connectivity index (χ1n) is 8.16. The van der Waals surface area contributed by atoms with Crippen LogP contribution in [0.5, 0.6) is 5.75 Å². The molecule has 4 nitrogen and oxygen atoms in total. The van der Waals surface area contributed by atoms with Gasteiger partial charge in [-0.1, -0.05) is 18.2 Å². The number of aryl methyl sites for hydroxylation is 1. The Labute approximate surface area is 141 Å². The van der Waals surface area contributed by atoms with Crippen LogP contribution in [0.15, 0.2) is 54.7 Å². The molecule has 0 saturated heterocycles. The molecule has 0 saturated carbocycles. The van der Waals surface area contributed by atoms with Gasteiger partial charge in [0.1, 0.15) is 5.75 Å². The number of aliphatic hydroxyl groups excluding tert-OH is 1. The van der Waals surface area contributed by atoms with Gasteiger partial charge in [-0.2, -0.15) is 0 Å². The first-order valence-corrected chi connectivity index (χ1v) is 8.16. The molecule has 1 atom stereocenters. The summed E-state index contributed by atoms with van der Waals surface area (Å²) in [7, 11) is 0. The van der Waals surface area contributed by atoms with Crippen LogP contribution in [0.25, 0.3) is 10.9 Å². The summed E-state index contributed by atoms with van der Waals surface area (Å²) in [6.45, 7) is 2.54. The Bertz CT molecular complexity index is 847. The van der Waals surface area contributed by atoms with Crippen LogP contribution in [0.3, 0.4) is 0 Å². The monoisotopic (exact) mass is 323 g/mol. The fourth-order valence-corrected chi connectivity index (χ4v) is 2.94. The Morgan fingerprint density at radius 2 is 1.83 bits per heavy atom. The van der Waals surface area contributed by atoms with Crippen molar-refractivity contribution in [3.05, 3.63) is 65.9 Å². The second-order valence-corrected chi connectivity index (χ2v) is 6.12. The summed E-state index contributed by atoms with van der Waals surface area (Å²) < 4.78 is 2.07. The highest BCUT2D eigenvalue weighted by Crippen LogP contribution is 2.25. The quantitative estimate of drug-likeness (QED) is 0.679. The summed E-state index contributed by atoms with van der Waals surface area (Å²) in [5.41, 5.74) is 2.23. The Balaban J connectivity index is 1.95. The molecule has 0 spiro atoms. The third-order valence-electron chi connectivity index (χ3n) is 4.18. The van der Waals surface area contributed by atoms with Gasteiger partial charge in [-0.3, -0.25) is 4.79 Å². The number of phenols is 1. The van der Waals surface area contributed by atoms with Crippen LogP contribution in [0, 0.1) is 0 Å². The first-order chi connectivity index (χ1) is 11.6. The fourth-order valence-electron chi connectivity index (χ4n) is 2.94. The summed E-state index contributed by atoms with van der Waals surface area (Å²) >= 11 is 0. The summed E-state index contributed by atoms with van der Waals surface area (Å²) in [6, 6.07) is 14.2. The van der Waals surface area contributed by atoms with E-state index in [1.54, 1.807) is 19.1 Å². The molecule has 0 aliphatic rings. The van der Waals surface area contributed by atoms with Gasteiger partial charge in [-0.05, 0) is 50.1 Å². The van der Waals surface area contributed by atoms with Crippen molar-refractivity contribution in [3.63, 3.8) is 0 Å². The van der Waals surface area contributed by atoms with Crippen molar-refractivity contribution >= 4 is 16.7 Å². The number of rotatable bonds is 6. The van der Waals surface area contributed by atoms with E-state index >= 15 is 0 Å². The molecule has 0 aliphatic carbocycles. The molecule has 1 heterocycles. The average molecular weight is 323 g/mol. The standard InChI is InChI=1S/C20H21NO3/c1-14(22)5-4-12-21-13-18(17-6-2-3-7-19(17)21)20(24)15-8-10-16(23)11-9-15/h2-3,6-11,13-14,22-23H,4-5,12H2,1H3/t14-/m0/s1. The summed E-state index contributed by atoms with van der Waals surface area (Å²) in [6.07, 6.45) is 3.16. The second-order valence-electron chi connectivity index (χ2n) is 6.12. The minimum Gasteiger partial charge on any atom is -0.508 e. The maximum absolute atomic E-state index is 12.8. The average Bonchev–Trinajstić information content (AvgIpc) is 2.94. The van der Waals surface area contributed by atoms with Crippen LogP contribution < -0.4 is 0 Å². The molecule has 0 amide bonds. The molecular weight excluding hydrogens is 302 g/mol. The normalized spacial score (nSPS) is 12.4. The molecule has 0 radical (unpaired) electrons. The van der Waals surface area contributed by atoms with Gasteiger partial charge in [0.2, 0.25) is 0 Å². The number of aromatic nitrogens is 1. The maximum Gasteiger partial charge on any atom is 0.195 e. The number of ketones is 1. The van der Waals surface area contributed by atoms with E-state index in [4.69, 9.17) is 0 Å². The van der Waals surface area contributed by atoms with Crippen molar-refractivity contribution in [3.8, 4) is 5.75 Å². The Hall–Kier alpha value is -2.59. The third kappa shape index (κ3) is 3.34. The van der Waals surface area contributed by atoms with Crippen LogP contribution in [0.2, 0.25) is 0 Å². The smallest absolute Gasteiger partial charge is 0.195 e. The third-order valence-corrected chi connectivity index (χ3v) is 4.18. The number of benzene rings is 2. The molecule has 4 heteroatoms. The molecule has 3 rings (SSSR count). The number of hydrogen-bond donors (Lipinski definition) is 2. The van der Waals surface area contributed by atoms with E-state index in [0.29, 0.717) is 11.1 Å². The van der Waals surface area contributed by atoms with Crippen molar-refractivity contribution in [2.75, 3.05) is 0 Å². The molecule has 0 unspecified atom stereocenters. The molecule has 2 N–H and O–H groups in total. The van der Waals surface area contributed by atoms with E-state index in [1.165, 1.54) is 12.1 Å². The van der Waals surface area contributed by atoms with E-state index in [1.807, 2.05) is 30.5 Å². The molecule has 0 fully saturated rings. The maximum atomic E-state index is 12.8. The minimum absolute atomic E-state index is 0.0551. The van der Waals surface area contributed by atoms with E-state index in [0.717, 1.165) is 30.3 Å². The van der Waals surface area contributed by atoms with Gasteiger partial charge in [0.25, 0.3) is 0 Å². The lowest BCUT2D eigenvalue weighted by atomic mass is 10.0. The summed E-state index contributed by atoms with van der Waals surface area (Å²) in [5.74, 6) is 0.0903. The number of fused-ring (bicyclic) bond motifs is 1. The van der Waals surface area contributed by atoms with Gasteiger partial charge < -0.3 is 14.8 Å². The predicted octanol–water partition coefficient (Wildman–Crippen LogP) is 3.74. The highest BCUT2D eigenvalue weighted by Gasteiger charge is 2.16. The van der Waals surface area contributed by atoms with Crippen LogP contribution >= 0.6 is 0 Å². The lowest BCUT2D eigenvalue weighted by Gasteiger charge is -2.06. The number of aliphatic hydroxyl groups is 1. The molecule has 24 heavy (non-hydrogen) atoms. The molecule has 0 aliphatic heterocycles. The Kier molecular flexibility index (Phi) is 4.67. The lowest BCUT2D eigenvalue weighted by Crippen LogP contribution is -2.04. The lowest BCUT2D eigenvalue weighted by molar-refractivity contribution is 0.104. The number of carbonyl (C=O) groups is 1. The Morgan fingerprint density at radius 1 is 1.12 bits per heavy atom. The van der Waals surface area contributed by atoms with Crippen molar-refractivity contribution in [2.45, 2.75) is 32.4 Å². The van der Waals surface area contributed by atoms with Gasteiger partial charge in [0.15, 0.2) is 5.78 Å². The highest BCUT2D eigenvalue weighted by atomic mass is 16.3. The Morgan fingerprint density at radius 3 is 2.54 bits per heavy atom. The second kappa shape index (κ2) is 6.89. The zero-order valence-corrected chi connectivity index (χ0v) is 13.6. The number of phenolic OH excluding ortho intramolecular Hbond substituents is 1. The van der Waals surface area contributed by atoms with Crippen LogP contribution in [0.1, 0.15) is 35.7 Å². The first kappa shape index (κ1) is 16.3. The van der Waals surface area contributed by atoms with E-state index in [2.05, 4.69) is 4.57 Å². The minimum atomic E-state index is -0.315. The molecule has 1 aromatic heterocycles. The van der Waals surface area contributed by atoms with Crippen LogP contribution in [-0.4, -0.2) is 26.7 Å². The van der Waals surface area contributed by atoms with Gasteiger partial charge in [0.05, 0.1) is 6.10 Å². The fraction of sp³-hybridized carbons (Fsp3) is 0.250. The largest absolute Gasteiger partial charge is 0.508 e. The van der Waals surface area contributed by atoms with Crippen molar-refractivity contribution in [1.82, 2.24) is 4.57 Å². The molecule has 3 aromatic rings. The number of hydrogen-bond acceptors (Lipinski definition) is 3. The molecule has 124 valence electrons. The SMILES string of the molecule is C[C@H](O)CCCn1cc(C(=O)c2ccc(O)cc2)c2ccccc21. The zero-order valence-electron chi connectivity index (χ0n) is 13.6. The summed E-state index contributed by atoms with van der Waals surface area (Å²) in [4.78, 5) is 12.8. The molecular formula is C20H21NO3. The predicted molar refractivity (Wildman–Crippen MR) is 94.4 cm³/mol. The molecule has 2 aromatic carbocycles. The van der Waals surface area contributed by atoms with Crippen LogP contribution in [0.4, 0.5) is 0 Å². The van der Waals surface area contributed by atoms with Gasteiger partial charge in [-0.25, -0.2) is 0 Å². The van der Waals surface area contributed by atoms with Gasteiger partial charge in [-0.15, -0.1) is 0 Å². The zero-order chi connectivity index (χ0) is 17.1. The van der Waals surface area contributed by atoms with Crippen molar-refractivity contribution in [2.24, 2.45) is 0 Å². The van der Waals surface area contributed by atoms with Gasteiger partial charge in [0, 0.05) is 34.8 Å². The van der Waals surface area contributed by atoms with E-state index in [9.17, 15) is 15.0 Å². The topological polar surface area (TPSA) is 62.5 Å². The number of para-hydroxylation sites is 1. The van der Waals surface area contributed by atoms with Gasteiger partial charge >= 0.3 is 0 Å². The van der Waals surface area contributed by atoms with E-state index < -0.39 is 0 Å². The van der Waals surface area contributed by atoms with Crippen molar-refractivity contribution in [1.29, 1.82) is 0 Å². The highest BCUT2D eigenvalue weighted by molar-refractivity contribution is 6.16. The summed E-state index contributed by atoms with van der Waals surface area (Å²) in [5, 5.41) is 19.7. The number of nitrogens with zero attached hydrogens (tertiary/aromatic N) is 1. The van der Waals surface area contributed by atoms with Crippen molar-refractivity contribution < 1.29 is 15.0 Å².